The Balaban J connectivity index is 2.04. The van der Waals surface area contributed by atoms with Gasteiger partial charge in [-0.1, -0.05) is 13.8 Å². The highest BCUT2D eigenvalue weighted by molar-refractivity contribution is 5.90. The second-order valence-electron chi connectivity index (χ2n) is 5.29. The van der Waals surface area contributed by atoms with E-state index in [2.05, 4.69) is 0 Å². The Labute approximate surface area is 135 Å². The largest absolute Gasteiger partial charge is 0.463 e. The third-order valence-electron chi connectivity index (χ3n) is 3.22. The lowest BCUT2D eigenvalue weighted by Gasteiger charge is -2.18. The minimum absolute atomic E-state index is 0.0126. The summed E-state index contributed by atoms with van der Waals surface area (Å²) in [6.45, 7) is 5.96. The minimum atomic E-state index is -0.530. The summed E-state index contributed by atoms with van der Waals surface area (Å²) in [6, 6.07) is 4.86. The van der Waals surface area contributed by atoms with Gasteiger partial charge in [0.15, 0.2) is 11.5 Å². The number of fused-ring (bicyclic) bond motifs is 1. The molecule has 23 heavy (non-hydrogen) atoms. The van der Waals surface area contributed by atoms with Crippen LogP contribution in [0.25, 0.3) is 0 Å². The standard InChI is InChI=1S/C17H20O6/c1-4-20-16(18)8-7-13(11(2)3)23-17(19)12-5-6-14-15(9-12)22-10-21-14/h5-9,11,13H,4,10H2,1-3H3/b8-7+/t13-/m0/s1. The van der Waals surface area contributed by atoms with Crippen LogP contribution >= 0.6 is 0 Å². The van der Waals surface area contributed by atoms with Gasteiger partial charge in [0.25, 0.3) is 0 Å². The van der Waals surface area contributed by atoms with Crippen molar-refractivity contribution in [1.82, 2.24) is 0 Å². The number of benzene rings is 1. The smallest absolute Gasteiger partial charge is 0.338 e. The Hall–Kier alpha value is -2.50. The van der Waals surface area contributed by atoms with E-state index in [0.29, 0.717) is 23.7 Å². The van der Waals surface area contributed by atoms with Crippen molar-refractivity contribution >= 4 is 11.9 Å². The molecular formula is C17H20O6. The van der Waals surface area contributed by atoms with E-state index in [1.54, 1.807) is 25.1 Å². The van der Waals surface area contributed by atoms with Gasteiger partial charge in [-0.3, -0.25) is 0 Å². The van der Waals surface area contributed by atoms with Gasteiger partial charge in [-0.05, 0) is 37.1 Å². The fraction of sp³-hybridized carbons (Fsp3) is 0.412. The molecule has 1 aromatic rings. The maximum atomic E-state index is 12.3. The zero-order chi connectivity index (χ0) is 16.8. The number of rotatable bonds is 6. The molecule has 0 aromatic heterocycles. The van der Waals surface area contributed by atoms with Crippen LogP contribution in [0.5, 0.6) is 11.5 Å². The van der Waals surface area contributed by atoms with Crippen LogP contribution in [0.15, 0.2) is 30.4 Å². The highest BCUT2D eigenvalue weighted by Crippen LogP contribution is 2.32. The summed E-state index contributed by atoms with van der Waals surface area (Å²) in [7, 11) is 0. The maximum absolute atomic E-state index is 12.3. The van der Waals surface area contributed by atoms with Crippen LogP contribution in [-0.4, -0.2) is 31.4 Å². The Kier molecular flexibility index (Phi) is 5.62. The zero-order valence-corrected chi connectivity index (χ0v) is 13.4. The molecule has 0 saturated heterocycles. The Morgan fingerprint density at radius 3 is 2.70 bits per heavy atom. The van der Waals surface area contributed by atoms with Gasteiger partial charge in [0.2, 0.25) is 6.79 Å². The average Bonchev–Trinajstić information content (AvgIpc) is 2.98. The lowest BCUT2D eigenvalue weighted by molar-refractivity contribution is -0.137. The van der Waals surface area contributed by atoms with Crippen molar-refractivity contribution in [3.05, 3.63) is 35.9 Å². The summed E-state index contributed by atoms with van der Waals surface area (Å²) in [5.74, 6) is 0.179. The quantitative estimate of drug-likeness (QED) is 0.593. The van der Waals surface area contributed by atoms with Crippen LogP contribution in [0.4, 0.5) is 0 Å². The Bertz CT molecular complexity index is 605. The molecule has 0 bridgehead atoms. The highest BCUT2D eigenvalue weighted by atomic mass is 16.7. The molecular weight excluding hydrogens is 300 g/mol. The van der Waals surface area contributed by atoms with E-state index in [4.69, 9.17) is 18.9 Å². The summed E-state index contributed by atoms with van der Waals surface area (Å²) in [4.78, 5) is 23.6. The molecule has 0 spiro atoms. The van der Waals surface area contributed by atoms with E-state index < -0.39 is 18.0 Å². The van der Waals surface area contributed by atoms with Gasteiger partial charge in [0.1, 0.15) is 6.10 Å². The number of carbonyl (C=O) groups excluding carboxylic acids is 2. The molecule has 6 heteroatoms. The summed E-state index contributed by atoms with van der Waals surface area (Å²) in [6.07, 6.45) is 2.28. The first-order chi connectivity index (χ1) is 11.0. The average molecular weight is 320 g/mol. The summed E-state index contributed by atoms with van der Waals surface area (Å²) in [5, 5.41) is 0. The first kappa shape index (κ1) is 16.9. The zero-order valence-electron chi connectivity index (χ0n) is 13.4. The van der Waals surface area contributed by atoms with Crippen molar-refractivity contribution in [3.63, 3.8) is 0 Å². The number of esters is 2. The number of hydrogen-bond acceptors (Lipinski definition) is 6. The predicted molar refractivity (Wildman–Crippen MR) is 82.4 cm³/mol. The van der Waals surface area contributed by atoms with Crippen LogP contribution in [0.2, 0.25) is 0 Å². The first-order valence-electron chi connectivity index (χ1n) is 7.46. The van der Waals surface area contributed by atoms with E-state index in [0.717, 1.165) is 0 Å². The Morgan fingerprint density at radius 1 is 1.26 bits per heavy atom. The lowest BCUT2D eigenvalue weighted by atomic mass is 10.1. The van der Waals surface area contributed by atoms with Crippen LogP contribution in [0, 0.1) is 5.92 Å². The molecule has 1 aliphatic heterocycles. The van der Waals surface area contributed by atoms with Crippen molar-refractivity contribution < 1.29 is 28.5 Å². The molecule has 6 nitrogen and oxygen atoms in total. The first-order valence-corrected chi connectivity index (χ1v) is 7.46. The SMILES string of the molecule is CCOC(=O)/C=C/[C@H](OC(=O)c1ccc2c(c1)OCO2)C(C)C. The topological polar surface area (TPSA) is 71.1 Å². The van der Waals surface area contributed by atoms with Gasteiger partial charge in [-0.15, -0.1) is 0 Å². The molecule has 0 aliphatic carbocycles. The Morgan fingerprint density at radius 2 is 2.00 bits per heavy atom. The van der Waals surface area contributed by atoms with Crippen LogP contribution in [0.3, 0.4) is 0 Å². The maximum Gasteiger partial charge on any atom is 0.338 e. The number of hydrogen-bond donors (Lipinski definition) is 0. The van der Waals surface area contributed by atoms with Gasteiger partial charge in [-0.2, -0.15) is 0 Å². The highest BCUT2D eigenvalue weighted by Gasteiger charge is 2.20. The number of ether oxygens (including phenoxy) is 4. The lowest BCUT2D eigenvalue weighted by Crippen LogP contribution is -2.22. The van der Waals surface area contributed by atoms with Gasteiger partial charge in [-0.25, -0.2) is 9.59 Å². The molecule has 0 N–H and O–H groups in total. The van der Waals surface area contributed by atoms with Crippen LogP contribution in [-0.2, 0) is 14.3 Å². The van der Waals surface area contributed by atoms with Crippen molar-refractivity contribution in [1.29, 1.82) is 0 Å². The van der Waals surface area contributed by atoms with Gasteiger partial charge in [0, 0.05) is 6.08 Å². The third kappa shape index (κ3) is 4.48. The van der Waals surface area contributed by atoms with Crippen molar-refractivity contribution in [2.45, 2.75) is 26.9 Å². The fourth-order valence-corrected chi connectivity index (χ4v) is 1.98. The number of carbonyl (C=O) groups is 2. The molecule has 0 amide bonds. The molecule has 1 heterocycles. The van der Waals surface area contributed by atoms with E-state index in [-0.39, 0.29) is 12.7 Å². The summed E-state index contributed by atoms with van der Waals surface area (Å²) >= 11 is 0. The second kappa shape index (κ2) is 7.67. The minimum Gasteiger partial charge on any atom is -0.463 e. The summed E-state index contributed by atoms with van der Waals surface area (Å²) in [5.41, 5.74) is 0.365. The second-order valence-corrected chi connectivity index (χ2v) is 5.29. The molecule has 124 valence electrons. The molecule has 1 aromatic carbocycles. The molecule has 0 fully saturated rings. The third-order valence-corrected chi connectivity index (χ3v) is 3.22. The predicted octanol–water partition coefficient (Wildman–Crippen LogP) is 2.72. The van der Waals surface area contributed by atoms with E-state index in [1.165, 1.54) is 12.2 Å². The van der Waals surface area contributed by atoms with Crippen molar-refractivity contribution in [2.75, 3.05) is 13.4 Å². The van der Waals surface area contributed by atoms with Gasteiger partial charge < -0.3 is 18.9 Å². The van der Waals surface area contributed by atoms with E-state index in [1.807, 2.05) is 13.8 Å². The van der Waals surface area contributed by atoms with Gasteiger partial charge >= 0.3 is 11.9 Å². The molecule has 0 unspecified atom stereocenters. The normalized spacial score (nSPS) is 14.1. The molecule has 1 aliphatic rings. The monoisotopic (exact) mass is 320 g/mol. The van der Waals surface area contributed by atoms with Crippen molar-refractivity contribution in [3.8, 4) is 11.5 Å². The van der Waals surface area contributed by atoms with E-state index in [9.17, 15) is 9.59 Å². The summed E-state index contributed by atoms with van der Waals surface area (Å²) < 4.78 is 20.7. The van der Waals surface area contributed by atoms with Gasteiger partial charge in [0.05, 0.1) is 12.2 Å². The molecule has 1 atom stereocenters. The molecule has 0 radical (unpaired) electrons. The molecule has 2 rings (SSSR count). The van der Waals surface area contributed by atoms with Crippen LogP contribution in [0.1, 0.15) is 31.1 Å². The van der Waals surface area contributed by atoms with E-state index >= 15 is 0 Å². The van der Waals surface area contributed by atoms with Crippen molar-refractivity contribution in [2.24, 2.45) is 5.92 Å². The fourth-order valence-electron chi connectivity index (χ4n) is 1.98. The molecule has 0 saturated carbocycles. The van der Waals surface area contributed by atoms with Crippen LogP contribution < -0.4 is 9.47 Å².